The summed E-state index contributed by atoms with van der Waals surface area (Å²) in [7, 11) is 0. The highest BCUT2D eigenvalue weighted by Crippen LogP contribution is 2.26. The van der Waals surface area contributed by atoms with Crippen molar-refractivity contribution in [3.63, 3.8) is 0 Å². The number of aromatic nitrogens is 2. The molecular formula is C13H11FN4. The van der Waals surface area contributed by atoms with Crippen LogP contribution in [0, 0.1) is 11.3 Å². The van der Waals surface area contributed by atoms with E-state index >= 15 is 0 Å². The largest absolute Gasteiger partial charge is 0.335 e. The summed E-state index contributed by atoms with van der Waals surface area (Å²) in [6, 6.07) is 9.16. The first-order valence-corrected chi connectivity index (χ1v) is 5.44. The Balaban J connectivity index is 2.46. The number of para-hydroxylation sites is 1. The Bertz CT molecular complexity index is 550. The zero-order valence-corrected chi connectivity index (χ0v) is 9.62. The van der Waals surface area contributed by atoms with Gasteiger partial charge in [0.25, 0.3) is 0 Å². The molecule has 0 amide bonds. The van der Waals surface area contributed by atoms with Crippen molar-refractivity contribution in [2.75, 3.05) is 18.1 Å². The Morgan fingerprint density at radius 1 is 1.22 bits per heavy atom. The predicted octanol–water partition coefficient (Wildman–Crippen LogP) is 2.46. The average molecular weight is 242 g/mol. The predicted molar refractivity (Wildman–Crippen MR) is 66.2 cm³/mol. The van der Waals surface area contributed by atoms with Gasteiger partial charge in [-0.05, 0) is 12.1 Å². The van der Waals surface area contributed by atoms with Gasteiger partial charge in [0, 0.05) is 0 Å². The molecule has 0 saturated carbocycles. The number of rotatable bonds is 4. The van der Waals surface area contributed by atoms with Gasteiger partial charge in [-0.1, -0.05) is 12.1 Å². The Kier molecular flexibility index (Phi) is 3.82. The second-order valence-corrected chi connectivity index (χ2v) is 3.57. The molecule has 1 heterocycles. The quantitative estimate of drug-likeness (QED) is 0.826. The first-order valence-electron chi connectivity index (χ1n) is 5.44. The van der Waals surface area contributed by atoms with Gasteiger partial charge in [0.05, 0.1) is 35.9 Å². The van der Waals surface area contributed by atoms with Crippen LogP contribution in [0.1, 0.15) is 5.56 Å². The van der Waals surface area contributed by atoms with Gasteiger partial charge in [0.15, 0.2) is 0 Å². The Hall–Kier alpha value is -2.48. The van der Waals surface area contributed by atoms with E-state index in [-0.39, 0.29) is 6.54 Å². The standard InChI is InChI=1S/C13H11FN4/c14-5-6-18(12-8-16-10-17-9-12)13-4-2-1-3-11(13)7-15/h1-4,8-10H,5-6H2. The lowest BCUT2D eigenvalue weighted by Gasteiger charge is -2.23. The van der Waals surface area contributed by atoms with Crippen molar-refractivity contribution in [2.24, 2.45) is 0 Å². The van der Waals surface area contributed by atoms with Crippen molar-refractivity contribution in [3.8, 4) is 6.07 Å². The minimum atomic E-state index is -0.519. The normalized spacial score (nSPS) is 9.78. The molecular weight excluding hydrogens is 231 g/mol. The summed E-state index contributed by atoms with van der Waals surface area (Å²) in [6.07, 6.45) is 4.60. The molecule has 0 unspecified atom stereocenters. The monoisotopic (exact) mass is 242 g/mol. The summed E-state index contributed by atoms with van der Waals surface area (Å²) in [5.41, 5.74) is 1.82. The average Bonchev–Trinajstić information content (AvgIpc) is 2.46. The first-order chi connectivity index (χ1) is 8.86. The molecule has 18 heavy (non-hydrogen) atoms. The van der Waals surface area contributed by atoms with Crippen molar-refractivity contribution in [1.82, 2.24) is 9.97 Å². The van der Waals surface area contributed by atoms with Crippen LogP contribution in [0.3, 0.4) is 0 Å². The molecule has 4 nitrogen and oxygen atoms in total. The minimum absolute atomic E-state index is 0.159. The molecule has 0 bridgehead atoms. The van der Waals surface area contributed by atoms with Gasteiger partial charge in [0.2, 0.25) is 0 Å². The highest BCUT2D eigenvalue weighted by molar-refractivity contribution is 5.68. The maximum absolute atomic E-state index is 12.7. The summed E-state index contributed by atoms with van der Waals surface area (Å²) >= 11 is 0. The smallest absolute Gasteiger partial charge is 0.115 e. The molecule has 0 N–H and O–H groups in total. The molecule has 0 radical (unpaired) electrons. The minimum Gasteiger partial charge on any atom is -0.335 e. The molecule has 0 aliphatic heterocycles. The second-order valence-electron chi connectivity index (χ2n) is 3.57. The van der Waals surface area contributed by atoms with Crippen LogP contribution >= 0.6 is 0 Å². The van der Waals surface area contributed by atoms with Gasteiger partial charge in [-0.15, -0.1) is 0 Å². The highest BCUT2D eigenvalue weighted by Gasteiger charge is 2.13. The molecule has 0 saturated heterocycles. The van der Waals surface area contributed by atoms with E-state index in [1.165, 1.54) is 6.33 Å². The van der Waals surface area contributed by atoms with Crippen molar-refractivity contribution in [3.05, 3.63) is 48.5 Å². The number of nitriles is 1. The number of benzene rings is 1. The van der Waals surface area contributed by atoms with Gasteiger partial charge >= 0.3 is 0 Å². The van der Waals surface area contributed by atoms with Gasteiger partial charge in [-0.2, -0.15) is 5.26 Å². The number of nitrogens with zero attached hydrogens (tertiary/aromatic N) is 4. The van der Waals surface area contributed by atoms with Gasteiger partial charge < -0.3 is 4.90 Å². The van der Waals surface area contributed by atoms with E-state index in [4.69, 9.17) is 5.26 Å². The van der Waals surface area contributed by atoms with Crippen molar-refractivity contribution < 1.29 is 4.39 Å². The van der Waals surface area contributed by atoms with Crippen molar-refractivity contribution >= 4 is 11.4 Å². The van der Waals surface area contributed by atoms with Crippen molar-refractivity contribution in [2.45, 2.75) is 0 Å². The lowest BCUT2D eigenvalue weighted by atomic mass is 10.1. The Morgan fingerprint density at radius 3 is 2.61 bits per heavy atom. The topological polar surface area (TPSA) is 52.8 Å². The maximum atomic E-state index is 12.7. The van der Waals surface area contributed by atoms with Gasteiger partial charge in [0.1, 0.15) is 19.1 Å². The first kappa shape index (κ1) is 12.0. The fourth-order valence-electron chi connectivity index (χ4n) is 1.71. The molecule has 0 spiro atoms. The summed E-state index contributed by atoms with van der Waals surface area (Å²) in [5.74, 6) is 0. The van der Waals surface area contributed by atoms with Crippen LogP contribution in [0.5, 0.6) is 0 Å². The lowest BCUT2D eigenvalue weighted by molar-refractivity contribution is 0.501. The molecule has 5 heteroatoms. The molecule has 2 rings (SSSR count). The van der Waals surface area contributed by atoms with Crippen LogP contribution in [-0.4, -0.2) is 23.2 Å². The molecule has 90 valence electrons. The number of anilines is 2. The number of hydrogen-bond donors (Lipinski definition) is 0. The third-order valence-electron chi connectivity index (χ3n) is 2.48. The zero-order valence-electron chi connectivity index (χ0n) is 9.62. The fourth-order valence-corrected chi connectivity index (χ4v) is 1.71. The van der Waals surface area contributed by atoms with Crippen LogP contribution in [0.2, 0.25) is 0 Å². The van der Waals surface area contributed by atoms with Crippen LogP contribution in [0.4, 0.5) is 15.8 Å². The number of hydrogen-bond acceptors (Lipinski definition) is 4. The van der Waals surface area contributed by atoms with E-state index in [0.29, 0.717) is 16.9 Å². The number of alkyl halides is 1. The van der Waals surface area contributed by atoms with Gasteiger partial charge in [-0.25, -0.2) is 14.4 Å². The third kappa shape index (κ3) is 2.43. The van der Waals surface area contributed by atoms with E-state index in [0.717, 1.165) is 0 Å². The van der Waals surface area contributed by atoms with Crippen LogP contribution in [-0.2, 0) is 0 Å². The van der Waals surface area contributed by atoms with Gasteiger partial charge in [-0.3, -0.25) is 0 Å². The van der Waals surface area contributed by atoms with Crippen LogP contribution in [0.25, 0.3) is 0 Å². The SMILES string of the molecule is N#Cc1ccccc1N(CCF)c1cncnc1. The molecule has 1 aromatic carbocycles. The van der Waals surface area contributed by atoms with Crippen LogP contribution < -0.4 is 4.90 Å². The van der Waals surface area contributed by atoms with Crippen molar-refractivity contribution in [1.29, 1.82) is 5.26 Å². The summed E-state index contributed by atoms with van der Waals surface area (Å²) in [4.78, 5) is 9.51. The number of halogens is 1. The summed E-state index contributed by atoms with van der Waals surface area (Å²) in [5, 5.41) is 9.08. The van der Waals surface area contributed by atoms with Crippen LogP contribution in [0.15, 0.2) is 43.0 Å². The molecule has 1 aromatic heterocycles. The van der Waals surface area contributed by atoms with E-state index in [9.17, 15) is 4.39 Å². The second kappa shape index (κ2) is 5.73. The molecule has 0 aliphatic carbocycles. The molecule has 0 fully saturated rings. The maximum Gasteiger partial charge on any atom is 0.115 e. The van der Waals surface area contributed by atoms with E-state index in [1.54, 1.807) is 35.5 Å². The molecule has 0 atom stereocenters. The Labute approximate surface area is 104 Å². The molecule has 0 aliphatic rings. The molecule has 2 aromatic rings. The highest BCUT2D eigenvalue weighted by atomic mass is 19.1. The lowest BCUT2D eigenvalue weighted by Crippen LogP contribution is -2.21. The van der Waals surface area contributed by atoms with E-state index < -0.39 is 6.67 Å². The summed E-state index contributed by atoms with van der Waals surface area (Å²) in [6.45, 7) is -0.360. The summed E-state index contributed by atoms with van der Waals surface area (Å²) < 4.78 is 12.7. The third-order valence-corrected chi connectivity index (χ3v) is 2.48. The Morgan fingerprint density at radius 2 is 1.94 bits per heavy atom. The van der Waals surface area contributed by atoms with E-state index in [2.05, 4.69) is 16.0 Å². The fraction of sp³-hybridized carbons (Fsp3) is 0.154. The zero-order chi connectivity index (χ0) is 12.8. The van der Waals surface area contributed by atoms with E-state index in [1.807, 2.05) is 6.07 Å².